The molecule has 8 nitrogen and oxygen atoms in total. The van der Waals surface area contributed by atoms with Crippen molar-refractivity contribution >= 4 is 29.1 Å². The summed E-state index contributed by atoms with van der Waals surface area (Å²) in [5.41, 5.74) is 6.16. The number of ether oxygens (including phenoxy) is 1. The van der Waals surface area contributed by atoms with Crippen LogP contribution in [0.3, 0.4) is 0 Å². The molecule has 2 aromatic carbocycles. The molecule has 0 aliphatic carbocycles. The highest BCUT2D eigenvalue weighted by atomic mass is 16.5. The summed E-state index contributed by atoms with van der Waals surface area (Å²) in [5.74, 6) is -1.43. The summed E-state index contributed by atoms with van der Waals surface area (Å²) < 4.78 is 5.25. The van der Waals surface area contributed by atoms with E-state index in [0.717, 1.165) is 0 Å². The van der Waals surface area contributed by atoms with Gasteiger partial charge in [0.25, 0.3) is 17.7 Å². The minimum Gasteiger partial charge on any atom is -0.362 e. The van der Waals surface area contributed by atoms with Crippen LogP contribution in [0.2, 0.25) is 0 Å². The number of carbonyl (C=O) groups excluding carboxylic acids is 3. The van der Waals surface area contributed by atoms with E-state index >= 15 is 0 Å². The summed E-state index contributed by atoms with van der Waals surface area (Å²) in [6.07, 6.45) is 2.91. The zero-order chi connectivity index (χ0) is 21.2. The molecule has 3 rings (SSSR count). The smallest absolute Gasteiger partial charge is 0.271 e. The van der Waals surface area contributed by atoms with Crippen LogP contribution in [0.25, 0.3) is 0 Å². The Hall–Kier alpha value is -4.04. The van der Waals surface area contributed by atoms with Crippen LogP contribution in [-0.2, 0) is 14.3 Å². The van der Waals surface area contributed by atoms with Crippen molar-refractivity contribution in [3.05, 3.63) is 90.8 Å². The SMILES string of the molecule is O=C(COCC(=O)N(c1ccccc1)c1ccccc1)NNC(=O)c1cccnc1. The van der Waals surface area contributed by atoms with Gasteiger partial charge in [-0.25, -0.2) is 0 Å². The number of hydrogen-bond acceptors (Lipinski definition) is 5. The lowest BCUT2D eigenvalue weighted by Gasteiger charge is -2.23. The van der Waals surface area contributed by atoms with Crippen molar-refractivity contribution in [2.75, 3.05) is 18.1 Å². The lowest BCUT2D eigenvalue weighted by molar-refractivity contribution is -0.129. The average molecular weight is 404 g/mol. The maximum atomic E-state index is 12.8. The molecule has 3 aromatic rings. The molecule has 0 fully saturated rings. The Kier molecular flexibility index (Phi) is 7.23. The van der Waals surface area contributed by atoms with Gasteiger partial charge >= 0.3 is 0 Å². The van der Waals surface area contributed by atoms with E-state index < -0.39 is 18.4 Å². The van der Waals surface area contributed by atoms with Gasteiger partial charge in [0.05, 0.1) is 5.56 Å². The molecule has 8 heteroatoms. The molecule has 0 atom stereocenters. The van der Waals surface area contributed by atoms with Crippen molar-refractivity contribution < 1.29 is 19.1 Å². The highest BCUT2D eigenvalue weighted by molar-refractivity contribution is 6.01. The van der Waals surface area contributed by atoms with Crippen molar-refractivity contribution in [3.63, 3.8) is 0 Å². The van der Waals surface area contributed by atoms with Gasteiger partial charge in [0.1, 0.15) is 13.2 Å². The summed E-state index contributed by atoms with van der Waals surface area (Å²) in [4.78, 5) is 41.9. The Bertz CT molecular complexity index is 942. The predicted octanol–water partition coefficient (Wildman–Crippen LogP) is 2.22. The Morgan fingerprint density at radius 1 is 0.800 bits per heavy atom. The zero-order valence-electron chi connectivity index (χ0n) is 16.0. The molecule has 0 bridgehead atoms. The molecule has 0 radical (unpaired) electrons. The number of rotatable bonds is 7. The van der Waals surface area contributed by atoms with Crippen LogP contribution >= 0.6 is 0 Å². The number of carbonyl (C=O) groups is 3. The first-order valence-electron chi connectivity index (χ1n) is 9.15. The van der Waals surface area contributed by atoms with Crippen LogP contribution in [-0.4, -0.2) is 35.9 Å². The molecular formula is C22H20N4O4. The van der Waals surface area contributed by atoms with Gasteiger partial charge in [-0.3, -0.25) is 35.1 Å². The third kappa shape index (κ3) is 5.73. The third-order valence-corrected chi connectivity index (χ3v) is 3.98. The Morgan fingerprint density at radius 3 is 2.00 bits per heavy atom. The summed E-state index contributed by atoms with van der Waals surface area (Å²) in [7, 11) is 0. The van der Waals surface area contributed by atoms with E-state index in [-0.39, 0.29) is 12.5 Å². The van der Waals surface area contributed by atoms with Crippen LogP contribution in [0.1, 0.15) is 10.4 Å². The first-order chi connectivity index (χ1) is 14.6. The molecular weight excluding hydrogens is 384 g/mol. The third-order valence-electron chi connectivity index (χ3n) is 3.98. The van der Waals surface area contributed by atoms with E-state index in [1.54, 1.807) is 12.1 Å². The van der Waals surface area contributed by atoms with Crippen LogP contribution in [0.5, 0.6) is 0 Å². The van der Waals surface area contributed by atoms with E-state index in [1.165, 1.54) is 17.3 Å². The van der Waals surface area contributed by atoms with Crippen molar-refractivity contribution in [1.82, 2.24) is 15.8 Å². The Balaban J connectivity index is 1.52. The number of benzene rings is 2. The molecule has 1 heterocycles. The molecule has 0 unspecified atom stereocenters. The number of amides is 3. The van der Waals surface area contributed by atoms with Gasteiger partial charge in [-0.05, 0) is 36.4 Å². The largest absolute Gasteiger partial charge is 0.362 e. The zero-order valence-corrected chi connectivity index (χ0v) is 16.0. The van der Waals surface area contributed by atoms with Gasteiger partial charge in [0, 0.05) is 23.8 Å². The second kappa shape index (κ2) is 10.5. The number of anilines is 2. The number of nitrogens with one attached hydrogen (secondary N) is 2. The molecule has 0 aliphatic heterocycles. The van der Waals surface area contributed by atoms with Gasteiger partial charge in [-0.1, -0.05) is 36.4 Å². The molecule has 0 aliphatic rings. The number of pyridine rings is 1. The van der Waals surface area contributed by atoms with Gasteiger partial charge in [0.15, 0.2) is 0 Å². The highest BCUT2D eigenvalue weighted by Crippen LogP contribution is 2.24. The molecule has 152 valence electrons. The first kappa shape index (κ1) is 20.7. The summed E-state index contributed by atoms with van der Waals surface area (Å²) in [6.45, 7) is -0.704. The maximum absolute atomic E-state index is 12.8. The monoisotopic (exact) mass is 404 g/mol. The molecule has 0 saturated carbocycles. The second-order valence-electron chi connectivity index (χ2n) is 6.14. The first-order valence-corrected chi connectivity index (χ1v) is 9.15. The van der Waals surface area contributed by atoms with Crippen LogP contribution in [0.15, 0.2) is 85.2 Å². The Morgan fingerprint density at radius 2 is 1.43 bits per heavy atom. The fraction of sp³-hybridized carbons (Fsp3) is 0.0909. The fourth-order valence-corrected chi connectivity index (χ4v) is 2.62. The summed E-state index contributed by atoms with van der Waals surface area (Å²) in [6, 6.07) is 21.5. The normalized spacial score (nSPS) is 10.1. The fourth-order valence-electron chi connectivity index (χ4n) is 2.62. The molecule has 0 spiro atoms. The Labute approximate surface area is 173 Å². The van der Waals surface area contributed by atoms with Crippen molar-refractivity contribution in [2.24, 2.45) is 0 Å². The number of hydrazine groups is 1. The van der Waals surface area contributed by atoms with Gasteiger partial charge in [0.2, 0.25) is 0 Å². The predicted molar refractivity (Wildman–Crippen MR) is 111 cm³/mol. The number of aromatic nitrogens is 1. The van der Waals surface area contributed by atoms with Crippen LogP contribution < -0.4 is 15.8 Å². The van der Waals surface area contributed by atoms with Crippen molar-refractivity contribution in [1.29, 1.82) is 0 Å². The van der Waals surface area contributed by atoms with Crippen molar-refractivity contribution in [3.8, 4) is 0 Å². The van der Waals surface area contributed by atoms with Crippen molar-refractivity contribution in [2.45, 2.75) is 0 Å². The number of hydrogen-bond donors (Lipinski definition) is 2. The maximum Gasteiger partial charge on any atom is 0.271 e. The number of nitrogens with zero attached hydrogens (tertiary/aromatic N) is 2. The molecule has 30 heavy (non-hydrogen) atoms. The van der Waals surface area contributed by atoms with E-state index in [0.29, 0.717) is 16.9 Å². The topological polar surface area (TPSA) is 101 Å². The van der Waals surface area contributed by atoms with E-state index in [2.05, 4.69) is 15.8 Å². The molecule has 2 N–H and O–H groups in total. The molecule has 3 amide bonds. The van der Waals surface area contributed by atoms with E-state index in [4.69, 9.17) is 4.74 Å². The minimum absolute atomic E-state index is 0.301. The highest BCUT2D eigenvalue weighted by Gasteiger charge is 2.18. The minimum atomic E-state index is -0.592. The standard InChI is InChI=1S/C22H20N4O4/c27-20(24-25-22(29)17-8-7-13-23-14-17)15-30-16-21(28)26(18-9-3-1-4-10-18)19-11-5-2-6-12-19/h1-14H,15-16H2,(H,24,27)(H,25,29). The van der Waals surface area contributed by atoms with E-state index in [1.807, 2.05) is 60.7 Å². The van der Waals surface area contributed by atoms with Gasteiger partial charge in [-0.2, -0.15) is 0 Å². The van der Waals surface area contributed by atoms with Crippen LogP contribution in [0, 0.1) is 0 Å². The van der Waals surface area contributed by atoms with Gasteiger partial charge in [-0.15, -0.1) is 0 Å². The quantitative estimate of drug-likeness (QED) is 0.588. The lowest BCUT2D eigenvalue weighted by atomic mass is 10.2. The second-order valence-corrected chi connectivity index (χ2v) is 6.14. The summed E-state index contributed by atoms with van der Waals surface area (Å²) in [5, 5.41) is 0. The molecule has 1 aromatic heterocycles. The van der Waals surface area contributed by atoms with E-state index in [9.17, 15) is 14.4 Å². The number of para-hydroxylation sites is 2. The molecule has 0 saturated heterocycles. The summed E-state index contributed by atoms with van der Waals surface area (Å²) >= 11 is 0. The average Bonchev–Trinajstić information content (AvgIpc) is 2.79. The van der Waals surface area contributed by atoms with Gasteiger partial charge < -0.3 is 4.74 Å². The van der Waals surface area contributed by atoms with Crippen LogP contribution in [0.4, 0.5) is 11.4 Å². The lowest BCUT2D eigenvalue weighted by Crippen LogP contribution is -2.43.